The van der Waals surface area contributed by atoms with E-state index in [4.69, 9.17) is 0 Å². The van der Waals surface area contributed by atoms with E-state index in [1.54, 1.807) is 0 Å². The Balaban J connectivity index is 3.21. The van der Waals surface area contributed by atoms with Gasteiger partial charge in [-0.2, -0.15) is 39.5 Å². The van der Waals surface area contributed by atoms with Crippen LogP contribution in [0, 0.1) is 0 Å². The van der Waals surface area contributed by atoms with Crippen LogP contribution in [0.5, 0.6) is 0 Å². The predicted molar refractivity (Wildman–Crippen MR) is 30.7 cm³/mol. The molecule has 18 heavy (non-hydrogen) atoms. The van der Waals surface area contributed by atoms with Gasteiger partial charge >= 0.3 is 36.2 Å². The Hall–Kier alpha value is -0.810. The Labute approximate surface area is 90.5 Å². The Kier molecular flexibility index (Phi) is 2.87. The molecule has 0 aliphatic carbocycles. The molecule has 0 aromatic rings. The normalized spacial score (nSPS) is 28.7. The van der Waals surface area contributed by atoms with Gasteiger partial charge in [0.05, 0.1) is 0 Å². The zero-order valence-electron chi connectivity index (χ0n) is 7.64. The zero-order valence-corrected chi connectivity index (χ0v) is 7.64. The summed E-state index contributed by atoms with van der Waals surface area (Å²) in [7, 11) is 0. The maximum atomic E-state index is 12.6. The van der Waals surface area contributed by atoms with E-state index < -0.39 is 36.2 Å². The van der Waals surface area contributed by atoms with Crippen molar-refractivity contribution in [1.82, 2.24) is 0 Å². The predicted octanol–water partition coefficient (Wildman–Crippen LogP) is 3.45. The van der Waals surface area contributed by atoms with Crippen molar-refractivity contribution in [1.29, 1.82) is 0 Å². The Morgan fingerprint density at radius 2 is 1.17 bits per heavy atom. The molecule has 0 radical (unpaired) electrons. The van der Waals surface area contributed by atoms with Gasteiger partial charge in [0.25, 0.3) is 0 Å². The van der Waals surface area contributed by atoms with Crippen molar-refractivity contribution in [2.24, 2.45) is 0 Å². The molecule has 0 bridgehead atoms. The standard InChI is InChI=1S/C6HF11O/c7-1(8)2(9,10)3(11,12)4(13,14)5(15)6(16,17)18-5/h1H/t5-/m0/s1. The molecular weight excluding hydrogens is 297 g/mol. The SMILES string of the molecule is FC(F)C(F)(F)C(F)(F)C(F)(F)[C@]1(F)OC1(F)F. The lowest BCUT2D eigenvalue weighted by molar-refractivity contribution is -0.365. The molecule has 1 nitrogen and oxygen atoms in total. The molecule has 1 fully saturated rings. The summed E-state index contributed by atoms with van der Waals surface area (Å²) in [4.78, 5) is 0. The van der Waals surface area contributed by atoms with Gasteiger partial charge in [0.2, 0.25) is 0 Å². The topological polar surface area (TPSA) is 12.5 Å². The Morgan fingerprint density at radius 3 is 1.39 bits per heavy atom. The summed E-state index contributed by atoms with van der Waals surface area (Å²) < 4.78 is 136. The van der Waals surface area contributed by atoms with Crippen molar-refractivity contribution in [3.05, 3.63) is 0 Å². The average Bonchev–Trinajstić information content (AvgIpc) is 2.66. The molecule has 0 unspecified atom stereocenters. The van der Waals surface area contributed by atoms with Crippen molar-refractivity contribution in [2.45, 2.75) is 36.2 Å². The van der Waals surface area contributed by atoms with E-state index in [0.717, 1.165) is 0 Å². The quantitative estimate of drug-likeness (QED) is 0.572. The van der Waals surface area contributed by atoms with Gasteiger partial charge in [-0.1, -0.05) is 0 Å². The maximum absolute atomic E-state index is 12.6. The molecule has 1 heterocycles. The minimum absolute atomic E-state index is 2.31. The van der Waals surface area contributed by atoms with Gasteiger partial charge in [-0.3, -0.25) is 4.74 Å². The number of ether oxygens (including phenoxy) is 1. The summed E-state index contributed by atoms with van der Waals surface area (Å²) in [6.07, 6.45) is -10.8. The number of rotatable bonds is 4. The molecule has 0 aromatic heterocycles. The second kappa shape index (κ2) is 3.39. The van der Waals surface area contributed by atoms with Crippen molar-refractivity contribution < 1.29 is 53.0 Å². The van der Waals surface area contributed by atoms with Gasteiger partial charge in [-0.15, -0.1) is 0 Å². The van der Waals surface area contributed by atoms with Gasteiger partial charge < -0.3 is 0 Å². The van der Waals surface area contributed by atoms with E-state index in [9.17, 15) is 48.3 Å². The van der Waals surface area contributed by atoms with Crippen LogP contribution in [0.4, 0.5) is 48.3 Å². The van der Waals surface area contributed by atoms with Crippen LogP contribution in [-0.2, 0) is 4.74 Å². The highest BCUT2D eigenvalue weighted by molar-refractivity contribution is 5.13. The summed E-state index contributed by atoms with van der Waals surface area (Å²) in [6.45, 7) is 0. The Bertz CT molecular complexity index is 335. The van der Waals surface area contributed by atoms with Crippen LogP contribution in [0.25, 0.3) is 0 Å². The van der Waals surface area contributed by atoms with Crippen molar-refractivity contribution >= 4 is 0 Å². The molecule has 0 N–H and O–H groups in total. The lowest BCUT2D eigenvalue weighted by Crippen LogP contribution is -2.63. The molecule has 1 aliphatic heterocycles. The monoisotopic (exact) mass is 298 g/mol. The lowest BCUT2D eigenvalue weighted by atomic mass is 10.0. The van der Waals surface area contributed by atoms with E-state index in [1.165, 1.54) is 0 Å². The van der Waals surface area contributed by atoms with E-state index in [1.807, 2.05) is 0 Å². The third-order valence-electron chi connectivity index (χ3n) is 2.09. The number of alkyl halides is 11. The molecule has 1 aliphatic rings. The van der Waals surface area contributed by atoms with Crippen molar-refractivity contribution in [3.63, 3.8) is 0 Å². The highest BCUT2D eigenvalue weighted by Crippen LogP contribution is 2.66. The summed E-state index contributed by atoms with van der Waals surface area (Å²) in [5.74, 6) is -26.4. The third kappa shape index (κ3) is 1.50. The largest absolute Gasteiger partial charge is 0.424 e. The fourth-order valence-electron chi connectivity index (χ4n) is 0.946. The summed E-state index contributed by atoms with van der Waals surface area (Å²) >= 11 is 0. The number of halogens is 11. The minimum Gasteiger partial charge on any atom is -0.265 e. The fraction of sp³-hybridized carbons (Fsp3) is 1.00. The van der Waals surface area contributed by atoms with E-state index in [-0.39, 0.29) is 0 Å². The van der Waals surface area contributed by atoms with Crippen LogP contribution in [0.15, 0.2) is 0 Å². The second-order valence-corrected chi connectivity index (χ2v) is 3.29. The van der Waals surface area contributed by atoms with Crippen LogP contribution in [0.2, 0.25) is 0 Å². The molecule has 1 atom stereocenters. The van der Waals surface area contributed by atoms with Gasteiger partial charge in [0.15, 0.2) is 0 Å². The van der Waals surface area contributed by atoms with E-state index in [2.05, 4.69) is 4.74 Å². The summed E-state index contributed by atoms with van der Waals surface area (Å²) in [5.41, 5.74) is 0. The zero-order chi connectivity index (χ0) is 14.8. The molecule has 0 saturated carbocycles. The van der Waals surface area contributed by atoms with Crippen LogP contribution >= 0.6 is 0 Å². The van der Waals surface area contributed by atoms with Crippen LogP contribution in [0.3, 0.4) is 0 Å². The highest BCUT2D eigenvalue weighted by Gasteiger charge is 2.97. The second-order valence-electron chi connectivity index (χ2n) is 3.29. The molecule has 0 aromatic carbocycles. The molecule has 1 rings (SSSR count). The molecule has 12 heteroatoms. The van der Waals surface area contributed by atoms with Gasteiger partial charge in [0.1, 0.15) is 0 Å². The van der Waals surface area contributed by atoms with E-state index >= 15 is 0 Å². The first-order valence-electron chi connectivity index (χ1n) is 3.83. The Morgan fingerprint density at radius 1 is 0.833 bits per heavy atom. The van der Waals surface area contributed by atoms with Crippen LogP contribution < -0.4 is 0 Å². The minimum atomic E-state index is -7.08. The number of epoxide rings is 1. The molecule has 1 saturated heterocycles. The molecule has 0 amide bonds. The van der Waals surface area contributed by atoms with Crippen molar-refractivity contribution in [3.8, 4) is 0 Å². The first-order chi connectivity index (χ1) is 7.65. The first-order valence-corrected chi connectivity index (χ1v) is 3.83. The number of hydrogen-bond donors (Lipinski definition) is 0. The maximum Gasteiger partial charge on any atom is 0.424 e. The smallest absolute Gasteiger partial charge is 0.265 e. The first kappa shape index (κ1) is 15.2. The van der Waals surface area contributed by atoms with E-state index in [0.29, 0.717) is 0 Å². The molecule has 108 valence electrons. The van der Waals surface area contributed by atoms with Gasteiger partial charge in [-0.05, 0) is 0 Å². The van der Waals surface area contributed by atoms with Crippen LogP contribution in [0.1, 0.15) is 0 Å². The fourth-order valence-corrected chi connectivity index (χ4v) is 0.946. The molecular formula is C6HF11O. The van der Waals surface area contributed by atoms with Crippen LogP contribution in [-0.4, -0.2) is 36.2 Å². The average molecular weight is 298 g/mol. The highest BCUT2D eigenvalue weighted by atomic mass is 19.4. The summed E-state index contributed by atoms with van der Waals surface area (Å²) in [5, 5.41) is 0. The lowest BCUT2D eigenvalue weighted by Gasteiger charge is -2.32. The third-order valence-corrected chi connectivity index (χ3v) is 2.09. The van der Waals surface area contributed by atoms with Crippen molar-refractivity contribution in [2.75, 3.05) is 0 Å². The number of hydrogen-bond acceptors (Lipinski definition) is 1. The molecule has 0 spiro atoms. The summed E-state index contributed by atoms with van der Waals surface area (Å²) in [6, 6.07) is 0. The van der Waals surface area contributed by atoms with Gasteiger partial charge in [0, 0.05) is 0 Å². The van der Waals surface area contributed by atoms with Gasteiger partial charge in [-0.25, -0.2) is 8.78 Å².